The summed E-state index contributed by atoms with van der Waals surface area (Å²) in [6.07, 6.45) is 2.92. The summed E-state index contributed by atoms with van der Waals surface area (Å²) in [5.41, 5.74) is 7.86. The van der Waals surface area contributed by atoms with E-state index in [-0.39, 0.29) is 0 Å². The van der Waals surface area contributed by atoms with Crippen molar-refractivity contribution in [2.24, 2.45) is 5.73 Å². The van der Waals surface area contributed by atoms with Gasteiger partial charge in [-0.2, -0.15) is 0 Å². The highest BCUT2D eigenvalue weighted by Crippen LogP contribution is 2.27. The van der Waals surface area contributed by atoms with Crippen LogP contribution in [0.3, 0.4) is 0 Å². The van der Waals surface area contributed by atoms with Gasteiger partial charge >= 0.3 is 0 Å². The second-order valence-electron chi connectivity index (χ2n) is 6.31. The van der Waals surface area contributed by atoms with E-state index in [9.17, 15) is 0 Å². The predicted molar refractivity (Wildman–Crippen MR) is 111 cm³/mol. The molecule has 3 rings (SSSR count). The van der Waals surface area contributed by atoms with E-state index in [4.69, 9.17) is 15.2 Å². The van der Waals surface area contributed by atoms with Crippen LogP contribution in [0.2, 0.25) is 0 Å². The van der Waals surface area contributed by atoms with Crippen molar-refractivity contribution in [2.75, 3.05) is 39.1 Å². The van der Waals surface area contributed by atoms with Crippen LogP contribution in [0.25, 0.3) is 0 Å². The molecule has 4 nitrogen and oxygen atoms in total. The van der Waals surface area contributed by atoms with Gasteiger partial charge in [0.15, 0.2) is 0 Å². The summed E-state index contributed by atoms with van der Waals surface area (Å²) in [7, 11) is 0. The first-order chi connectivity index (χ1) is 13.3. The summed E-state index contributed by atoms with van der Waals surface area (Å²) in [6.45, 7) is 5.07. The molecule has 142 valence electrons. The molecule has 1 heterocycles. The highest BCUT2D eigenvalue weighted by Gasteiger charge is 2.08. The quantitative estimate of drug-likeness (QED) is 0.609. The Hall–Kier alpha value is -1.97. The van der Waals surface area contributed by atoms with Crippen molar-refractivity contribution < 1.29 is 9.47 Å². The maximum absolute atomic E-state index is 6.00. The Kier molecular flexibility index (Phi) is 7.61. The highest BCUT2D eigenvalue weighted by molar-refractivity contribution is 7.98. The molecule has 2 N–H and O–H groups in total. The maximum Gasteiger partial charge on any atom is 0.131 e. The average molecular weight is 383 g/mol. The zero-order valence-electron chi connectivity index (χ0n) is 15.7. The molecule has 2 aromatic rings. The zero-order chi connectivity index (χ0) is 18.9. The summed E-state index contributed by atoms with van der Waals surface area (Å²) >= 11 is 1.71. The fraction of sp³-hybridized carbons (Fsp3) is 0.364. The van der Waals surface area contributed by atoms with Crippen LogP contribution in [0.15, 0.2) is 47.4 Å². The van der Waals surface area contributed by atoms with Gasteiger partial charge in [0.05, 0.1) is 13.2 Å². The Morgan fingerprint density at radius 2 is 1.93 bits per heavy atom. The fourth-order valence-electron chi connectivity index (χ4n) is 2.89. The van der Waals surface area contributed by atoms with Crippen molar-refractivity contribution in [3.05, 3.63) is 53.6 Å². The molecule has 5 heteroatoms. The Labute approximate surface area is 166 Å². The van der Waals surface area contributed by atoms with Crippen molar-refractivity contribution in [3.8, 4) is 23.3 Å². The lowest BCUT2D eigenvalue weighted by atomic mass is 10.1. The van der Waals surface area contributed by atoms with Crippen LogP contribution >= 0.6 is 11.8 Å². The maximum atomic E-state index is 6.00. The first-order valence-electron chi connectivity index (χ1n) is 9.22. The number of hydrogen-bond acceptors (Lipinski definition) is 5. The molecule has 1 fully saturated rings. The minimum Gasteiger partial charge on any atom is -0.457 e. The number of rotatable bonds is 6. The molecule has 0 spiro atoms. The largest absolute Gasteiger partial charge is 0.457 e. The van der Waals surface area contributed by atoms with Gasteiger partial charge in [0.2, 0.25) is 0 Å². The van der Waals surface area contributed by atoms with Gasteiger partial charge in [-0.15, -0.1) is 11.8 Å². The molecule has 0 radical (unpaired) electrons. The van der Waals surface area contributed by atoms with E-state index in [1.54, 1.807) is 11.8 Å². The van der Waals surface area contributed by atoms with Crippen LogP contribution in [0, 0.1) is 11.8 Å². The van der Waals surface area contributed by atoms with E-state index >= 15 is 0 Å². The SMILES string of the molecule is CSc1ccc(Oc2ccc(C#CCCN3CCOCC3)cc2CN)cc1. The summed E-state index contributed by atoms with van der Waals surface area (Å²) in [4.78, 5) is 3.60. The van der Waals surface area contributed by atoms with Crippen LogP contribution < -0.4 is 10.5 Å². The molecule has 0 bridgehead atoms. The summed E-state index contributed by atoms with van der Waals surface area (Å²) < 4.78 is 11.4. The van der Waals surface area contributed by atoms with Crippen molar-refractivity contribution in [2.45, 2.75) is 17.9 Å². The van der Waals surface area contributed by atoms with Crippen molar-refractivity contribution >= 4 is 11.8 Å². The monoisotopic (exact) mass is 382 g/mol. The normalized spacial score (nSPS) is 14.4. The predicted octanol–water partition coefficient (Wildman–Crippen LogP) is 3.73. The summed E-state index contributed by atoms with van der Waals surface area (Å²) in [5, 5.41) is 0. The molecule has 0 amide bonds. The average Bonchev–Trinajstić information content (AvgIpc) is 2.73. The molecule has 1 aliphatic heterocycles. The number of benzene rings is 2. The van der Waals surface area contributed by atoms with Crippen LogP contribution in [0.1, 0.15) is 17.5 Å². The van der Waals surface area contributed by atoms with Gasteiger partial charge in [-0.1, -0.05) is 11.8 Å². The molecule has 0 aliphatic carbocycles. The lowest BCUT2D eigenvalue weighted by Gasteiger charge is -2.25. The molecule has 0 saturated carbocycles. The molecule has 2 aromatic carbocycles. The van der Waals surface area contributed by atoms with Gasteiger partial charge in [0.1, 0.15) is 11.5 Å². The van der Waals surface area contributed by atoms with Crippen molar-refractivity contribution in [3.63, 3.8) is 0 Å². The fourth-order valence-corrected chi connectivity index (χ4v) is 3.30. The Morgan fingerprint density at radius 3 is 2.63 bits per heavy atom. The number of ether oxygens (including phenoxy) is 2. The molecular formula is C22H26N2O2S. The van der Waals surface area contributed by atoms with E-state index < -0.39 is 0 Å². The topological polar surface area (TPSA) is 47.7 Å². The highest BCUT2D eigenvalue weighted by atomic mass is 32.2. The first-order valence-corrected chi connectivity index (χ1v) is 10.4. The smallest absolute Gasteiger partial charge is 0.131 e. The molecule has 0 aromatic heterocycles. The summed E-state index contributed by atoms with van der Waals surface area (Å²) in [6, 6.07) is 14.0. The zero-order valence-corrected chi connectivity index (χ0v) is 16.6. The first kappa shape index (κ1) is 19.8. The van der Waals surface area contributed by atoms with Gasteiger partial charge < -0.3 is 15.2 Å². The lowest BCUT2D eigenvalue weighted by molar-refractivity contribution is 0.0390. The summed E-state index contributed by atoms with van der Waals surface area (Å²) in [5.74, 6) is 8.11. The second-order valence-corrected chi connectivity index (χ2v) is 7.19. The molecule has 1 aliphatic rings. The Balaban J connectivity index is 1.60. The minimum absolute atomic E-state index is 0.418. The third kappa shape index (κ3) is 6.02. The van der Waals surface area contributed by atoms with Crippen LogP contribution in [-0.4, -0.2) is 44.0 Å². The van der Waals surface area contributed by atoms with Gasteiger partial charge in [-0.3, -0.25) is 4.90 Å². The molecule has 1 saturated heterocycles. The van der Waals surface area contributed by atoms with Crippen LogP contribution in [0.4, 0.5) is 0 Å². The number of nitrogens with zero attached hydrogens (tertiary/aromatic N) is 1. The Bertz CT molecular complexity index is 790. The van der Waals surface area contributed by atoms with Gasteiger partial charge in [0, 0.05) is 48.6 Å². The standard InChI is InChI=1S/C22H26N2O2S/c1-27-21-8-6-20(7-9-21)26-22-10-5-18(16-19(22)17-23)4-2-3-11-24-12-14-25-15-13-24/h5-10,16H,3,11-15,17,23H2,1H3. The molecule has 0 atom stereocenters. The van der Waals surface area contributed by atoms with E-state index in [1.165, 1.54) is 4.90 Å². The number of morpholine rings is 1. The van der Waals surface area contributed by atoms with Crippen molar-refractivity contribution in [1.29, 1.82) is 0 Å². The van der Waals surface area contributed by atoms with E-state index in [2.05, 4.69) is 35.1 Å². The van der Waals surface area contributed by atoms with Crippen LogP contribution in [-0.2, 0) is 11.3 Å². The van der Waals surface area contributed by atoms with Gasteiger partial charge in [0.25, 0.3) is 0 Å². The third-order valence-corrected chi connectivity index (χ3v) is 5.20. The number of hydrogen-bond donors (Lipinski definition) is 1. The van der Waals surface area contributed by atoms with E-state index in [0.717, 1.165) is 61.9 Å². The van der Waals surface area contributed by atoms with E-state index in [1.807, 2.05) is 30.3 Å². The second kappa shape index (κ2) is 10.4. The minimum atomic E-state index is 0.418. The number of nitrogens with two attached hydrogens (primary N) is 1. The molecular weight excluding hydrogens is 356 g/mol. The molecule has 27 heavy (non-hydrogen) atoms. The van der Waals surface area contributed by atoms with E-state index in [0.29, 0.717) is 6.54 Å². The van der Waals surface area contributed by atoms with Gasteiger partial charge in [-0.05, 0) is 48.7 Å². The number of thioether (sulfide) groups is 1. The third-order valence-electron chi connectivity index (χ3n) is 4.46. The van der Waals surface area contributed by atoms with Crippen LogP contribution in [0.5, 0.6) is 11.5 Å². The lowest BCUT2D eigenvalue weighted by Crippen LogP contribution is -2.36. The van der Waals surface area contributed by atoms with Gasteiger partial charge in [-0.25, -0.2) is 0 Å². The Morgan fingerprint density at radius 1 is 1.15 bits per heavy atom. The molecule has 0 unspecified atom stereocenters. The van der Waals surface area contributed by atoms with Crippen molar-refractivity contribution in [1.82, 2.24) is 4.90 Å².